The lowest BCUT2D eigenvalue weighted by atomic mass is 9.90. The Kier molecular flexibility index (Phi) is 4.37. The first-order valence-corrected chi connectivity index (χ1v) is 7.59. The van der Waals surface area contributed by atoms with Gasteiger partial charge in [-0.05, 0) is 25.7 Å². The van der Waals surface area contributed by atoms with Crippen molar-refractivity contribution in [1.82, 2.24) is 4.72 Å². The molecular weight excluding hydrogens is 224 g/mol. The van der Waals surface area contributed by atoms with E-state index >= 15 is 0 Å². The first kappa shape index (κ1) is 13.9. The van der Waals surface area contributed by atoms with Crippen LogP contribution in [0.4, 0.5) is 0 Å². The quantitative estimate of drug-likeness (QED) is 0.768. The van der Waals surface area contributed by atoms with Gasteiger partial charge in [-0.15, -0.1) is 0 Å². The number of sulfonamides is 1. The molecule has 0 aromatic heterocycles. The Balaban J connectivity index is 2.78. The summed E-state index contributed by atoms with van der Waals surface area (Å²) < 4.78 is 27.1. The molecule has 3 N–H and O–H groups in total. The monoisotopic (exact) mass is 248 g/mol. The highest BCUT2D eigenvalue weighted by Crippen LogP contribution is 2.26. The molecule has 0 aromatic rings. The molecule has 96 valence electrons. The lowest BCUT2D eigenvalue weighted by Crippen LogP contribution is -2.56. The van der Waals surface area contributed by atoms with Gasteiger partial charge in [0.25, 0.3) is 0 Å². The van der Waals surface area contributed by atoms with Crippen molar-refractivity contribution in [3.05, 3.63) is 0 Å². The number of rotatable bonds is 5. The zero-order chi connectivity index (χ0) is 12.4. The summed E-state index contributed by atoms with van der Waals surface area (Å²) in [5, 5.41) is -0.211. The van der Waals surface area contributed by atoms with Crippen molar-refractivity contribution in [3.8, 4) is 0 Å². The molecule has 0 saturated heterocycles. The van der Waals surface area contributed by atoms with Crippen LogP contribution < -0.4 is 10.5 Å². The summed E-state index contributed by atoms with van der Waals surface area (Å²) in [5.41, 5.74) is 5.16. The van der Waals surface area contributed by atoms with E-state index in [0.29, 0.717) is 6.54 Å². The van der Waals surface area contributed by atoms with E-state index in [1.54, 1.807) is 0 Å². The minimum atomic E-state index is -3.20. The van der Waals surface area contributed by atoms with Crippen molar-refractivity contribution in [2.24, 2.45) is 11.7 Å². The molecular formula is C11H24N2O2S. The van der Waals surface area contributed by atoms with E-state index in [2.05, 4.69) is 4.72 Å². The summed E-state index contributed by atoms with van der Waals surface area (Å²) in [6.45, 7) is 6.19. The van der Waals surface area contributed by atoms with Gasteiger partial charge in [0.2, 0.25) is 10.0 Å². The normalized spacial score (nSPS) is 22.6. The van der Waals surface area contributed by atoms with Crippen LogP contribution in [0.15, 0.2) is 0 Å². The molecule has 0 bridgehead atoms. The van der Waals surface area contributed by atoms with Crippen molar-refractivity contribution >= 4 is 10.0 Å². The molecule has 1 rings (SSSR count). The van der Waals surface area contributed by atoms with Gasteiger partial charge < -0.3 is 5.73 Å². The average molecular weight is 248 g/mol. The van der Waals surface area contributed by atoms with E-state index in [-0.39, 0.29) is 11.2 Å². The minimum absolute atomic E-state index is 0.189. The summed E-state index contributed by atoms with van der Waals surface area (Å²) in [4.78, 5) is 0. The van der Waals surface area contributed by atoms with E-state index in [4.69, 9.17) is 5.73 Å². The predicted molar refractivity (Wildman–Crippen MR) is 66.6 cm³/mol. The first-order chi connectivity index (χ1) is 7.32. The molecule has 0 radical (unpaired) electrons. The van der Waals surface area contributed by atoms with Gasteiger partial charge in [-0.2, -0.15) is 0 Å². The third kappa shape index (κ3) is 2.96. The lowest BCUT2D eigenvalue weighted by Gasteiger charge is -2.34. The number of nitrogens with one attached hydrogen (secondary N) is 1. The fourth-order valence-corrected chi connectivity index (χ4v) is 4.09. The molecule has 0 aromatic carbocycles. The maximum atomic E-state index is 12.1. The molecule has 0 aliphatic heterocycles. The summed E-state index contributed by atoms with van der Waals surface area (Å²) in [7, 11) is -3.20. The van der Waals surface area contributed by atoms with Gasteiger partial charge in [0.05, 0.1) is 5.25 Å². The van der Waals surface area contributed by atoms with Gasteiger partial charge >= 0.3 is 0 Å². The molecule has 4 nitrogen and oxygen atoms in total. The van der Waals surface area contributed by atoms with Gasteiger partial charge in [0, 0.05) is 12.1 Å². The highest BCUT2D eigenvalue weighted by Gasteiger charge is 2.36. The Labute approximate surface area is 99.0 Å². The zero-order valence-corrected chi connectivity index (χ0v) is 11.3. The van der Waals surface area contributed by atoms with Crippen LogP contribution in [0.1, 0.15) is 46.5 Å². The standard InChI is InChI=1S/C11H24N2O2S/c1-9(2)11(3,8-12)13-16(14,15)10-6-4-5-7-10/h9-10,13H,4-8,12H2,1-3H3. The third-order valence-electron chi connectivity index (χ3n) is 3.81. The number of hydrogen-bond donors (Lipinski definition) is 2. The van der Waals surface area contributed by atoms with Crippen molar-refractivity contribution in [2.75, 3.05) is 6.54 Å². The van der Waals surface area contributed by atoms with Crippen LogP contribution in [0.2, 0.25) is 0 Å². The Bertz CT molecular complexity index is 321. The van der Waals surface area contributed by atoms with Crippen LogP contribution >= 0.6 is 0 Å². The Morgan fingerprint density at radius 1 is 1.38 bits per heavy atom. The Morgan fingerprint density at radius 3 is 2.25 bits per heavy atom. The second-order valence-electron chi connectivity index (χ2n) is 5.33. The minimum Gasteiger partial charge on any atom is -0.329 e. The summed E-state index contributed by atoms with van der Waals surface area (Å²) in [5.74, 6) is 0.189. The summed E-state index contributed by atoms with van der Waals surface area (Å²) >= 11 is 0. The maximum Gasteiger partial charge on any atom is 0.215 e. The van der Waals surface area contributed by atoms with Crippen LogP contribution in [-0.4, -0.2) is 25.8 Å². The average Bonchev–Trinajstić information content (AvgIpc) is 2.70. The molecule has 5 heteroatoms. The molecule has 0 amide bonds. The van der Waals surface area contributed by atoms with Crippen LogP contribution in [0, 0.1) is 5.92 Å². The smallest absolute Gasteiger partial charge is 0.215 e. The first-order valence-electron chi connectivity index (χ1n) is 6.04. The second kappa shape index (κ2) is 5.02. The largest absolute Gasteiger partial charge is 0.329 e. The van der Waals surface area contributed by atoms with Crippen molar-refractivity contribution in [2.45, 2.75) is 57.2 Å². The van der Waals surface area contributed by atoms with Crippen LogP contribution in [0.3, 0.4) is 0 Å². The second-order valence-corrected chi connectivity index (χ2v) is 7.29. The van der Waals surface area contributed by atoms with Gasteiger partial charge in [-0.3, -0.25) is 0 Å². The van der Waals surface area contributed by atoms with Crippen molar-refractivity contribution < 1.29 is 8.42 Å². The maximum absolute atomic E-state index is 12.1. The van der Waals surface area contributed by atoms with Crippen molar-refractivity contribution in [1.29, 1.82) is 0 Å². The molecule has 1 aliphatic rings. The molecule has 1 atom stereocenters. The van der Waals surface area contributed by atoms with E-state index in [1.807, 2.05) is 20.8 Å². The Hall–Kier alpha value is -0.130. The predicted octanol–water partition coefficient (Wildman–Crippen LogP) is 1.22. The highest BCUT2D eigenvalue weighted by molar-refractivity contribution is 7.90. The molecule has 0 heterocycles. The number of hydrogen-bond acceptors (Lipinski definition) is 3. The number of nitrogens with two attached hydrogens (primary N) is 1. The highest BCUT2D eigenvalue weighted by atomic mass is 32.2. The fourth-order valence-electron chi connectivity index (χ4n) is 2.00. The molecule has 16 heavy (non-hydrogen) atoms. The fraction of sp³-hybridized carbons (Fsp3) is 1.00. The molecule has 1 aliphatic carbocycles. The van der Waals surface area contributed by atoms with Crippen LogP contribution in [0.25, 0.3) is 0 Å². The molecule has 1 saturated carbocycles. The van der Waals surface area contributed by atoms with Crippen LogP contribution in [-0.2, 0) is 10.0 Å². The molecule has 1 fully saturated rings. The summed E-state index contributed by atoms with van der Waals surface area (Å²) in [6.07, 6.45) is 3.61. The van der Waals surface area contributed by atoms with E-state index < -0.39 is 15.6 Å². The Morgan fingerprint density at radius 2 is 1.88 bits per heavy atom. The van der Waals surface area contributed by atoms with Crippen LogP contribution in [0.5, 0.6) is 0 Å². The SMILES string of the molecule is CC(C)C(C)(CN)NS(=O)(=O)C1CCCC1. The van der Waals surface area contributed by atoms with E-state index in [0.717, 1.165) is 25.7 Å². The van der Waals surface area contributed by atoms with Gasteiger partial charge in [0.15, 0.2) is 0 Å². The van der Waals surface area contributed by atoms with Gasteiger partial charge in [-0.25, -0.2) is 13.1 Å². The zero-order valence-electron chi connectivity index (χ0n) is 10.5. The molecule has 1 unspecified atom stereocenters. The molecule has 0 spiro atoms. The third-order valence-corrected chi connectivity index (χ3v) is 5.91. The van der Waals surface area contributed by atoms with E-state index in [9.17, 15) is 8.42 Å². The summed E-state index contributed by atoms with van der Waals surface area (Å²) in [6, 6.07) is 0. The van der Waals surface area contributed by atoms with Gasteiger partial charge in [0.1, 0.15) is 0 Å². The lowest BCUT2D eigenvalue weighted by molar-refractivity contribution is 0.313. The van der Waals surface area contributed by atoms with E-state index in [1.165, 1.54) is 0 Å². The topological polar surface area (TPSA) is 72.2 Å². The van der Waals surface area contributed by atoms with Gasteiger partial charge in [-0.1, -0.05) is 26.7 Å². The van der Waals surface area contributed by atoms with Crippen molar-refractivity contribution in [3.63, 3.8) is 0 Å².